The highest BCUT2D eigenvalue weighted by molar-refractivity contribution is 7.23. The number of aromatic nitrogens is 1. The second-order valence-electron chi connectivity index (χ2n) is 8.71. The summed E-state index contributed by atoms with van der Waals surface area (Å²) in [5.41, 5.74) is 6.11. The lowest BCUT2D eigenvalue weighted by molar-refractivity contribution is 0.477. The van der Waals surface area contributed by atoms with Crippen LogP contribution in [0.15, 0.2) is 101 Å². The van der Waals surface area contributed by atoms with Crippen molar-refractivity contribution in [1.29, 1.82) is 10.5 Å². The summed E-state index contributed by atoms with van der Waals surface area (Å²) in [6.45, 7) is 0. The Balaban J connectivity index is 1.27. The molecule has 3 aromatic heterocycles. The van der Waals surface area contributed by atoms with Crippen LogP contribution >= 0.6 is 11.3 Å². The molecule has 178 valence electrons. The Kier molecular flexibility index (Phi) is 4.97. The van der Waals surface area contributed by atoms with Gasteiger partial charge in [-0.15, -0.1) is 11.3 Å². The molecule has 0 aliphatic carbocycles. The lowest BCUT2D eigenvalue weighted by Crippen LogP contribution is -2.15. The lowest BCUT2D eigenvalue weighted by atomic mass is 10.1. The standard InChI is InChI=1S/C31H16N4O2S/c32-16-19(17-33)13-21-10-9-20(18-34-21)30-15-29-31(38-30)23-12-11-22(14-28(23)37-29)35-24-5-1-3-7-26(24)36-27-8-4-2-6-25(27)35/h1-15,18H. The maximum Gasteiger partial charge on any atom is 0.151 e. The zero-order valence-corrected chi connectivity index (χ0v) is 20.6. The van der Waals surface area contributed by atoms with E-state index in [1.165, 1.54) is 6.08 Å². The number of pyridine rings is 1. The number of para-hydroxylation sites is 4. The molecule has 0 unspecified atom stereocenters. The summed E-state index contributed by atoms with van der Waals surface area (Å²) in [5, 5.41) is 19.0. The van der Waals surface area contributed by atoms with E-state index in [-0.39, 0.29) is 5.57 Å². The van der Waals surface area contributed by atoms with Crippen molar-refractivity contribution in [1.82, 2.24) is 4.98 Å². The third-order valence-electron chi connectivity index (χ3n) is 6.42. The summed E-state index contributed by atoms with van der Waals surface area (Å²) in [4.78, 5) is 7.62. The summed E-state index contributed by atoms with van der Waals surface area (Å²) in [5.74, 6) is 1.62. The maximum atomic E-state index is 8.96. The second-order valence-corrected chi connectivity index (χ2v) is 9.77. The predicted octanol–water partition coefficient (Wildman–Crippen LogP) is 8.72. The van der Waals surface area contributed by atoms with Crippen LogP contribution in [0.25, 0.3) is 37.8 Å². The number of hydrogen-bond donors (Lipinski definition) is 0. The molecule has 3 aromatic carbocycles. The van der Waals surface area contributed by atoms with Crippen molar-refractivity contribution in [2.24, 2.45) is 0 Å². The minimum atomic E-state index is 0.0220. The van der Waals surface area contributed by atoms with Gasteiger partial charge in [0.25, 0.3) is 0 Å². The number of rotatable bonds is 3. The van der Waals surface area contributed by atoms with Crippen molar-refractivity contribution in [3.05, 3.63) is 102 Å². The first kappa shape index (κ1) is 21.9. The molecule has 0 amide bonds. The highest BCUT2D eigenvalue weighted by atomic mass is 32.1. The number of fused-ring (bicyclic) bond motifs is 5. The second kappa shape index (κ2) is 8.63. The minimum absolute atomic E-state index is 0.0220. The van der Waals surface area contributed by atoms with Crippen LogP contribution in [0.4, 0.5) is 17.1 Å². The van der Waals surface area contributed by atoms with Crippen LogP contribution in [0.1, 0.15) is 5.69 Å². The monoisotopic (exact) mass is 508 g/mol. The van der Waals surface area contributed by atoms with E-state index in [2.05, 4.69) is 40.2 Å². The van der Waals surface area contributed by atoms with Gasteiger partial charge in [-0.05, 0) is 54.6 Å². The number of nitriles is 2. The molecular formula is C31H16N4O2S. The van der Waals surface area contributed by atoms with Gasteiger partial charge in [-0.3, -0.25) is 4.98 Å². The Morgan fingerprint density at radius 3 is 2.26 bits per heavy atom. The Labute approximate surface area is 221 Å². The largest absolute Gasteiger partial charge is 0.455 e. The average molecular weight is 509 g/mol. The molecule has 7 rings (SSSR count). The van der Waals surface area contributed by atoms with Crippen LogP contribution in [-0.2, 0) is 0 Å². The fraction of sp³-hybridized carbons (Fsp3) is 0. The van der Waals surface area contributed by atoms with E-state index < -0.39 is 0 Å². The van der Waals surface area contributed by atoms with E-state index in [1.54, 1.807) is 23.6 Å². The summed E-state index contributed by atoms with van der Waals surface area (Å²) >= 11 is 1.65. The van der Waals surface area contributed by atoms with Gasteiger partial charge in [0.2, 0.25) is 0 Å². The molecule has 7 heteroatoms. The molecular weight excluding hydrogens is 492 g/mol. The van der Waals surface area contributed by atoms with Gasteiger partial charge >= 0.3 is 0 Å². The number of nitrogens with zero attached hydrogens (tertiary/aromatic N) is 4. The van der Waals surface area contributed by atoms with Gasteiger partial charge in [0.1, 0.15) is 28.9 Å². The molecule has 38 heavy (non-hydrogen) atoms. The van der Waals surface area contributed by atoms with E-state index in [1.807, 2.05) is 60.7 Å². The zero-order chi connectivity index (χ0) is 25.6. The van der Waals surface area contributed by atoms with Crippen LogP contribution in [0.2, 0.25) is 0 Å². The lowest BCUT2D eigenvalue weighted by Gasteiger charge is -2.32. The van der Waals surface area contributed by atoms with Crippen molar-refractivity contribution < 1.29 is 9.15 Å². The van der Waals surface area contributed by atoms with Gasteiger partial charge in [0.15, 0.2) is 11.5 Å². The van der Waals surface area contributed by atoms with Gasteiger partial charge in [-0.2, -0.15) is 10.5 Å². The van der Waals surface area contributed by atoms with Crippen molar-refractivity contribution in [2.45, 2.75) is 0 Å². The van der Waals surface area contributed by atoms with Crippen LogP contribution in [0.3, 0.4) is 0 Å². The van der Waals surface area contributed by atoms with Crippen molar-refractivity contribution in [3.63, 3.8) is 0 Å². The number of benzene rings is 3. The molecule has 0 N–H and O–H groups in total. The molecule has 6 aromatic rings. The molecule has 0 bridgehead atoms. The van der Waals surface area contributed by atoms with E-state index in [0.717, 1.165) is 60.3 Å². The van der Waals surface area contributed by atoms with Crippen LogP contribution in [0, 0.1) is 22.7 Å². The zero-order valence-electron chi connectivity index (χ0n) is 19.8. The van der Waals surface area contributed by atoms with Gasteiger partial charge < -0.3 is 14.1 Å². The van der Waals surface area contributed by atoms with Gasteiger partial charge in [-0.25, -0.2) is 0 Å². The number of thiophene rings is 1. The quantitative estimate of drug-likeness (QED) is 0.222. The predicted molar refractivity (Wildman–Crippen MR) is 149 cm³/mol. The third kappa shape index (κ3) is 3.50. The molecule has 0 fully saturated rings. The average Bonchev–Trinajstić information content (AvgIpc) is 3.52. The Bertz CT molecular complexity index is 1930. The van der Waals surface area contributed by atoms with E-state index in [9.17, 15) is 0 Å². The molecule has 6 nitrogen and oxygen atoms in total. The normalized spacial score (nSPS) is 11.8. The van der Waals surface area contributed by atoms with Crippen LogP contribution in [-0.4, -0.2) is 4.98 Å². The van der Waals surface area contributed by atoms with E-state index in [4.69, 9.17) is 19.7 Å². The molecule has 1 aliphatic rings. The minimum Gasteiger partial charge on any atom is -0.455 e. The van der Waals surface area contributed by atoms with E-state index in [0.29, 0.717) is 5.69 Å². The fourth-order valence-corrected chi connectivity index (χ4v) is 5.78. The first-order valence-electron chi connectivity index (χ1n) is 11.8. The van der Waals surface area contributed by atoms with Gasteiger partial charge in [0, 0.05) is 34.2 Å². The number of anilines is 3. The molecule has 0 saturated carbocycles. The van der Waals surface area contributed by atoms with Crippen molar-refractivity contribution in [2.75, 3.05) is 4.90 Å². The van der Waals surface area contributed by atoms with Gasteiger partial charge in [0.05, 0.1) is 27.5 Å². The Morgan fingerprint density at radius 2 is 1.58 bits per heavy atom. The summed E-state index contributed by atoms with van der Waals surface area (Å²) < 4.78 is 13.5. The highest BCUT2D eigenvalue weighted by Gasteiger charge is 2.26. The first-order chi connectivity index (χ1) is 18.7. The SMILES string of the molecule is N#CC(C#N)=Cc1ccc(-c2cc3oc4cc(N5c6ccccc6Oc6ccccc65)ccc4c3s2)cn1. The summed E-state index contributed by atoms with van der Waals surface area (Å²) in [6, 6.07) is 31.8. The molecule has 1 aliphatic heterocycles. The first-order valence-corrected chi connectivity index (χ1v) is 12.6. The smallest absolute Gasteiger partial charge is 0.151 e. The highest BCUT2D eigenvalue weighted by Crippen LogP contribution is 2.51. The van der Waals surface area contributed by atoms with Gasteiger partial charge in [-0.1, -0.05) is 24.3 Å². The molecule has 0 radical (unpaired) electrons. The molecule has 0 saturated heterocycles. The Morgan fingerprint density at radius 1 is 0.842 bits per heavy atom. The molecule has 0 atom stereocenters. The fourth-order valence-electron chi connectivity index (χ4n) is 4.68. The molecule has 0 spiro atoms. The third-order valence-corrected chi connectivity index (χ3v) is 7.62. The van der Waals surface area contributed by atoms with E-state index >= 15 is 0 Å². The van der Waals surface area contributed by atoms with Crippen molar-refractivity contribution >= 4 is 55.7 Å². The number of ether oxygens (including phenoxy) is 1. The maximum absolute atomic E-state index is 8.96. The summed E-state index contributed by atoms with van der Waals surface area (Å²) in [6.07, 6.45) is 3.22. The number of furan rings is 1. The van der Waals surface area contributed by atoms with Crippen molar-refractivity contribution in [3.8, 4) is 34.1 Å². The summed E-state index contributed by atoms with van der Waals surface area (Å²) in [7, 11) is 0. The van der Waals surface area contributed by atoms with Crippen LogP contribution < -0.4 is 9.64 Å². The Hall–Kier alpha value is -5.37. The van der Waals surface area contributed by atoms with Crippen LogP contribution in [0.5, 0.6) is 11.5 Å². The number of hydrogen-bond acceptors (Lipinski definition) is 7. The topological polar surface area (TPSA) is 86.1 Å². The number of allylic oxidation sites excluding steroid dienone is 1. The molecule has 4 heterocycles.